The van der Waals surface area contributed by atoms with Gasteiger partial charge in [-0.2, -0.15) is 0 Å². The maximum Gasteiger partial charge on any atom is 0.332 e. The van der Waals surface area contributed by atoms with Gasteiger partial charge in [-0.1, -0.05) is 46.0 Å². The molecule has 0 aromatic carbocycles. The summed E-state index contributed by atoms with van der Waals surface area (Å²) >= 11 is 0. The van der Waals surface area contributed by atoms with Crippen LogP contribution in [0.25, 0.3) is 0 Å². The first-order chi connectivity index (χ1) is 8.54. The second kappa shape index (κ2) is 9.68. The standard InChI is InChI=1S/C14H24O4/c1-3-5-6-7-8-9-10-12(14(17)18)11(4-2)13(15)16/h3-10H2,1-2H3,(H,15,16)(H,17,18)/b12-11+. The van der Waals surface area contributed by atoms with Gasteiger partial charge in [0.15, 0.2) is 0 Å². The monoisotopic (exact) mass is 256 g/mol. The number of carbonyl (C=O) groups is 2. The van der Waals surface area contributed by atoms with Crippen LogP contribution in [0, 0.1) is 0 Å². The molecule has 0 unspecified atom stereocenters. The normalized spacial score (nSPS) is 12.1. The van der Waals surface area contributed by atoms with Crippen LogP contribution < -0.4 is 0 Å². The highest BCUT2D eigenvalue weighted by Gasteiger charge is 2.17. The van der Waals surface area contributed by atoms with Gasteiger partial charge in [0.05, 0.1) is 0 Å². The number of rotatable bonds is 10. The summed E-state index contributed by atoms with van der Waals surface area (Å²) in [4.78, 5) is 22.0. The Hall–Kier alpha value is -1.32. The molecule has 4 heteroatoms. The van der Waals surface area contributed by atoms with E-state index >= 15 is 0 Å². The van der Waals surface area contributed by atoms with E-state index in [2.05, 4.69) is 6.92 Å². The Morgan fingerprint density at radius 1 is 0.778 bits per heavy atom. The molecule has 0 saturated carbocycles. The van der Waals surface area contributed by atoms with Crippen molar-refractivity contribution in [1.82, 2.24) is 0 Å². The third kappa shape index (κ3) is 6.42. The van der Waals surface area contributed by atoms with Crippen LogP contribution in [0.2, 0.25) is 0 Å². The van der Waals surface area contributed by atoms with E-state index in [1.54, 1.807) is 6.92 Å². The van der Waals surface area contributed by atoms with Gasteiger partial charge in [-0.3, -0.25) is 0 Å². The molecule has 0 aliphatic rings. The van der Waals surface area contributed by atoms with E-state index in [1.807, 2.05) is 0 Å². The van der Waals surface area contributed by atoms with Gasteiger partial charge in [0.1, 0.15) is 0 Å². The molecular formula is C14H24O4. The van der Waals surface area contributed by atoms with Crippen molar-refractivity contribution >= 4 is 11.9 Å². The van der Waals surface area contributed by atoms with Gasteiger partial charge in [0.2, 0.25) is 0 Å². The minimum atomic E-state index is -1.11. The van der Waals surface area contributed by atoms with E-state index in [0.29, 0.717) is 6.42 Å². The molecule has 104 valence electrons. The molecule has 4 nitrogen and oxygen atoms in total. The van der Waals surface area contributed by atoms with Crippen molar-refractivity contribution in [3.63, 3.8) is 0 Å². The zero-order valence-corrected chi connectivity index (χ0v) is 11.4. The Morgan fingerprint density at radius 2 is 1.28 bits per heavy atom. The molecule has 0 amide bonds. The van der Waals surface area contributed by atoms with Crippen molar-refractivity contribution in [1.29, 1.82) is 0 Å². The average molecular weight is 256 g/mol. The van der Waals surface area contributed by atoms with Gasteiger partial charge in [0.25, 0.3) is 0 Å². The lowest BCUT2D eigenvalue weighted by atomic mass is 9.99. The highest BCUT2D eigenvalue weighted by molar-refractivity contribution is 5.98. The molecule has 18 heavy (non-hydrogen) atoms. The van der Waals surface area contributed by atoms with Crippen molar-refractivity contribution in [2.75, 3.05) is 0 Å². The predicted octanol–water partition coefficient (Wildman–Crippen LogP) is 3.61. The second-order valence-corrected chi connectivity index (χ2v) is 4.44. The quantitative estimate of drug-likeness (QED) is 0.462. The Bertz CT molecular complexity index is 305. The topological polar surface area (TPSA) is 74.6 Å². The van der Waals surface area contributed by atoms with Gasteiger partial charge in [-0.05, 0) is 19.3 Å². The zero-order valence-electron chi connectivity index (χ0n) is 11.4. The van der Waals surface area contributed by atoms with Crippen molar-refractivity contribution in [2.24, 2.45) is 0 Å². The molecule has 0 bridgehead atoms. The lowest BCUT2D eigenvalue weighted by Gasteiger charge is -2.07. The maximum atomic E-state index is 11.0. The van der Waals surface area contributed by atoms with E-state index < -0.39 is 11.9 Å². The summed E-state index contributed by atoms with van der Waals surface area (Å²) in [6, 6.07) is 0. The van der Waals surface area contributed by atoms with Crippen LogP contribution in [0.3, 0.4) is 0 Å². The molecule has 0 fully saturated rings. The van der Waals surface area contributed by atoms with Crippen LogP contribution in [-0.4, -0.2) is 22.2 Å². The molecule has 0 atom stereocenters. The summed E-state index contributed by atoms with van der Waals surface area (Å²) < 4.78 is 0. The van der Waals surface area contributed by atoms with Crippen LogP contribution >= 0.6 is 0 Å². The summed E-state index contributed by atoms with van der Waals surface area (Å²) in [7, 11) is 0. The van der Waals surface area contributed by atoms with Crippen LogP contribution in [0.5, 0.6) is 0 Å². The van der Waals surface area contributed by atoms with E-state index in [0.717, 1.165) is 19.3 Å². The summed E-state index contributed by atoms with van der Waals surface area (Å²) in [5, 5.41) is 18.0. The first-order valence-electron chi connectivity index (χ1n) is 6.73. The molecule has 0 aromatic rings. The molecule has 0 aliphatic carbocycles. The first-order valence-corrected chi connectivity index (χ1v) is 6.73. The van der Waals surface area contributed by atoms with E-state index in [9.17, 15) is 9.59 Å². The molecule has 0 saturated heterocycles. The van der Waals surface area contributed by atoms with Gasteiger partial charge < -0.3 is 10.2 Å². The second-order valence-electron chi connectivity index (χ2n) is 4.44. The number of hydrogen-bond donors (Lipinski definition) is 2. The molecule has 0 rings (SSSR count). The molecule has 0 heterocycles. The van der Waals surface area contributed by atoms with E-state index in [4.69, 9.17) is 10.2 Å². The summed E-state index contributed by atoms with van der Waals surface area (Å²) in [6.45, 7) is 3.82. The molecule has 2 N–H and O–H groups in total. The number of unbranched alkanes of at least 4 members (excludes halogenated alkanes) is 5. The number of carboxylic acids is 2. The lowest BCUT2D eigenvalue weighted by Crippen LogP contribution is -2.11. The number of hydrogen-bond acceptors (Lipinski definition) is 2. The highest BCUT2D eigenvalue weighted by atomic mass is 16.4. The fourth-order valence-corrected chi connectivity index (χ4v) is 1.96. The third-order valence-electron chi connectivity index (χ3n) is 3.01. The third-order valence-corrected chi connectivity index (χ3v) is 3.01. The fraction of sp³-hybridized carbons (Fsp3) is 0.714. The Balaban J connectivity index is 4.30. The van der Waals surface area contributed by atoms with Crippen LogP contribution in [-0.2, 0) is 9.59 Å². The first kappa shape index (κ1) is 16.7. The highest BCUT2D eigenvalue weighted by Crippen LogP contribution is 2.18. The summed E-state index contributed by atoms with van der Waals surface area (Å²) in [5.41, 5.74) is 0.108. The van der Waals surface area contributed by atoms with Gasteiger partial charge in [0, 0.05) is 11.1 Å². The smallest absolute Gasteiger partial charge is 0.332 e. The maximum absolute atomic E-state index is 11.0. The zero-order chi connectivity index (χ0) is 14.0. The molecule has 0 aromatic heterocycles. The van der Waals surface area contributed by atoms with E-state index in [1.165, 1.54) is 19.3 Å². The van der Waals surface area contributed by atoms with Crippen LogP contribution in [0.15, 0.2) is 11.1 Å². The summed E-state index contributed by atoms with van der Waals surface area (Å²) in [5.74, 6) is -2.20. The molecular weight excluding hydrogens is 232 g/mol. The minimum absolute atomic E-state index is 0.0380. The lowest BCUT2D eigenvalue weighted by molar-refractivity contribution is -0.136. The van der Waals surface area contributed by atoms with Crippen molar-refractivity contribution in [3.05, 3.63) is 11.1 Å². The largest absolute Gasteiger partial charge is 0.478 e. The molecule has 0 aliphatic heterocycles. The SMILES string of the molecule is CCCCCCCC/C(C(=O)O)=C(/CC)C(=O)O. The van der Waals surface area contributed by atoms with Crippen molar-refractivity contribution in [3.8, 4) is 0 Å². The van der Waals surface area contributed by atoms with Gasteiger partial charge in [-0.25, -0.2) is 9.59 Å². The Labute approximate surface area is 109 Å². The van der Waals surface area contributed by atoms with Crippen molar-refractivity contribution in [2.45, 2.75) is 65.2 Å². The number of carboxylic acid groups (broad SMARTS) is 2. The Kier molecular flexibility index (Phi) is 8.97. The number of aliphatic carboxylic acids is 2. The fourth-order valence-electron chi connectivity index (χ4n) is 1.96. The predicted molar refractivity (Wildman–Crippen MR) is 70.6 cm³/mol. The van der Waals surface area contributed by atoms with Crippen LogP contribution in [0.1, 0.15) is 65.2 Å². The molecule has 0 radical (unpaired) electrons. The Morgan fingerprint density at radius 3 is 1.72 bits per heavy atom. The van der Waals surface area contributed by atoms with Gasteiger partial charge >= 0.3 is 11.9 Å². The molecule has 0 spiro atoms. The summed E-state index contributed by atoms with van der Waals surface area (Å²) in [6.07, 6.45) is 6.98. The van der Waals surface area contributed by atoms with Gasteiger partial charge in [-0.15, -0.1) is 0 Å². The van der Waals surface area contributed by atoms with Crippen LogP contribution in [0.4, 0.5) is 0 Å². The van der Waals surface area contributed by atoms with E-state index in [-0.39, 0.29) is 17.6 Å². The average Bonchev–Trinajstić information content (AvgIpc) is 2.31. The van der Waals surface area contributed by atoms with Crippen molar-refractivity contribution < 1.29 is 19.8 Å². The minimum Gasteiger partial charge on any atom is -0.478 e.